The second-order valence-electron chi connectivity index (χ2n) is 18.5. The molecular weight excluding hydrogens is 781 g/mol. The van der Waals surface area contributed by atoms with Gasteiger partial charge < -0.3 is 14.2 Å². The van der Waals surface area contributed by atoms with Crippen molar-refractivity contribution in [3.05, 3.63) is 36.5 Å². The van der Waals surface area contributed by atoms with Crippen LogP contribution in [-0.2, 0) is 28.6 Å². The van der Waals surface area contributed by atoms with E-state index in [4.69, 9.17) is 14.2 Å². The molecule has 63 heavy (non-hydrogen) atoms. The zero-order valence-electron chi connectivity index (χ0n) is 42.1. The highest BCUT2D eigenvalue weighted by Gasteiger charge is 2.19. The Kier molecular flexibility index (Phi) is 50.3. The molecule has 0 bridgehead atoms. The van der Waals surface area contributed by atoms with Crippen LogP contribution in [0.5, 0.6) is 0 Å². The molecule has 0 rings (SSSR count). The highest BCUT2D eigenvalue weighted by atomic mass is 16.6. The van der Waals surface area contributed by atoms with Crippen molar-refractivity contribution in [3.63, 3.8) is 0 Å². The van der Waals surface area contributed by atoms with Crippen LogP contribution >= 0.6 is 0 Å². The standard InChI is InChI=1S/C57H104O6/c1-4-7-10-13-16-19-21-23-24-25-26-27-28-29-30-31-32-34-35-38-41-44-47-50-56(59)62-53-54(52-61-55(58)49-46-43-40-37-18-15-12-9-6-3)63-57(60)51-48-45-42-39-36-33-22-20-17-14-11-8-5-2/h20-23,25-26,54H,4-19,24,27-53H2,1-3H3/b22-20-,23-21-,26-25-. The molecule has 0 heterocycles. The van der Waals surface area contributed by atoms with Crippen LogP contribution in [0.3, 0.4) is 0 Å². The largest absolute Gasteiger partial charge is 0.462 e. The lowest BCUT2D eigenvalue weighted by atomic mass is 10.0. The van der Waals surface area contributed by atoms with Crippen molar-refractivity contribution in [2.75, 3.05) is 13.2 Å². The average Bonchev–Trinajstić information content (AvgIpc) is 3.28. The van der Waals surface area contributed by atoms with Gasteiger partial charge in [-0.05, 0) is 77.0 Å². The van der Waals surface area contributed by atoms with Crippen molar-refractivity contribution in [2.24, 2.45) is 0 Å². The minimum absolute atomic E-state index is 0.0732. The van der Waals surface area contributed by atoms with Crippen LogP contribution in [-0.4, -0.2) is 37.2 Å². The van der Waals surface area contributed by atoms with Crippen LogP contribution in [0.1, 0.15) is 290 Å². The quantitative estimate of drug-likeness (QED) is 0.0262. The van der Waals surface area contributed by atoms with E-state index in [1.807, 2.05) is 0 Å². The molecule has 0 saturated heterocycles. The molecule has 6 heteroatoms. The number of allylic oxidation sites excluding steroid dienone is 6. The highest BCUT2D eigenvalue weighted by molar-refractivity contribution is 5.71. The molecule has 0 fully saturated rings. The van der Waals surface area contributed by atoms with Gasteiger partial charge in [-0.2, -0.15) is 0 Å². The molecule has 0 saturated carbocycles. The molecule has 1 atom stereocenters. The molecule has 0 amide bonds. The maximum absolute atomic E-state index is 12.8. The van der Waals surface area contributed by atoms with Gasteiger partial charge >= 0.3 is 17.9 Å². The summed E-state index contributed by atoms with van der Waals surface area (Å²) in [6, 6.07) is 0. The zero-order valence-corrected chi connectivity index (χ0v) is 42.1. The Bertz CT molecular complexity index is 1060. The van der Waals surface area contributed by atoms with E-state index < -0.39 is 6.10 Å². The minimum atomic E-state index is -0.772. The molecule has 368 valence electrons. The fraction of sp³-hybridized carbons (Fsp3) is 0.842. The van der Waals surface area contributed by atoms with Crippen LogP contribution in [0.4, 0.5) is 0 Å². The van der Waals surface area contributed by atoms with E-state index in [0.717, 1.165) is 70.6 Å². The smallest absolute Gasteiger partial charge is 0.306 e. The summed E-state index contributed by atoms with van der Waals surface area (Å²) >= 11 is 0. The van der Waals surface area contributed by atoms with E-state index in [1.54, 1.807) is 0 Å². The number of hydrogen-bond acceptors (Lipinski definition) is 6. The van der Waals surface area contributed by atoms with Gasteiger partial charge in [0, 0.05) is 19.3 Å². The first-order valence-corrected chi connectivity index (χ1v) is 27.5. The molecule has 0 aliphatic rings. The van der Waals surface area contributed by atoms with Crippen molar-refractivity contribution in [3.8, 4) is 0 Å². The zero-order chi connectivity index (χ0) is 45.8. The monoisotopic (exact) mass is 885 g/mol. The van der Waals surface area contributed by atoms with Gasteiger partial charge in [0.1, 0.15) is 13.2 Å². The maximum atomic E-state index is 12.8. The molecule has 0 aromatic carbocycles. The van der Waals surface area contributed by atoms with Gasteiger partial charge in [-0.15, -0.1) is 0 Å². The van der Waals surface area contributed by atoms with Gasteiger partial charge in [0.25, 0.3) is 0 Å². The van der Waals surface area contributed by atoms with Gasteiger partial charge in [0.15, 0.2) is 6.10 Å². The Hall–Kier alpha value is -2.37. The minimum Gasteiger partial charge on any atom is -0.462 e. The summed E-state index contributed by atoms with van der Waals surface area (Å²) in [7, 11) is 0. The molecule has 6 nitrogen and oxygen atoms in total. The predicted molar refractivity (Wildman–Crippen MR) is 270 cm³/mol. The van der Waals surface area contributed by atoms with Crippen molar-refractivity contribution in [1.29, 1.82) is 0 Å². The highest BCUT2D eigenvalue weighted by Crippen LogP contribution is 2.15. The molecule has 0 aliphatic heterocycles. The molecule has 0 radical (unpaired) electrons. The first-order valence-electron chi connectivity index (χ1n) is 27.5. The summed E-state index contributed by atoms with van der Waals surface area (Å²) in [5.41, 5.74) is 0. The van der Waals surface area contributed by atoms with Gasteiger partial charge in [0.05, 0.1) is 0 Å². The van der Waals surface area contributed by atoms with Crippen LogP contribution in [0.2, 0.25) is 0 Å². The fourth-order valence-electron chi connectivity index (χ4n) is 7.94. The lowest BCUT2D eigenvalue weighted by Gasteiger charge is -2.18. The molecule has 0 aromatic rings. The normalized spacial score (nSPS) is 12.2. The van der Waals surface area contributed by atoms with Crippen LogP contribution in [0, 0.1) is 0 Å². The third-order valence-corrected chi connectivity index (χ3v) is 12.1. The fourth-order valence-corrected chi connectivity index (χ4v) is 7.94. The molecular formula is C57H104O6. The summed E-state index contributed by atoms with van der Waals surface area (Å²) in [5.74, 6) is -0.876. The van der Waals surface area contributed by atoms with Gasteiger partial charge in [-0.3, -0.25) is 14.4 Å². The van der Waals surface area contributed by atoms with E-state index >= 15 is 0 Å². The summed E-state index contributed by atoms with van der Waals surface area (Å²) < 4.78 is 16.8. The number of ether oxygens (including phenoxy) is 3. The molecule has 0 aliphatic carbocycles. The van der Waals surface area contributed by atoms with Crippen molar-refractivity contribution >= 4 is 17.9 Å². The number of carbonyl (C=O) groups excluding carboxylic acids is 3. The third-order valence-electron chi connectivity index (χ3n) is 12.1. The summed E-state index contributed by atoms with van der Waals surface area (Å²) in [5, 5.41) is 0. The Balaban J connectivity index is 4.21. The first-order chi connectivity index (χ1) is 31.0. The molecule has 1 unspecified atom stereocenters. The molecule has 0 N–H and O–H groups in total. The molecule has 0 spiro atoms. The lowest BCUT2D eigenvalue weighted by molar-refractivity contribution is -0.167. The second-order valence-corrected chi connectivity index (χ2v) is 18.5. The van der Waals surface area contributed by atoms with Gasteiger partial charge in [0.2, 0.25) is 0 Å². The maximum Gasteiger partial charge on any atom is 0.306 e. The second kappa shape index (κ2) is 52.3. The van der Waals surface area contributed by atoms with Crippen LogP contribution in [0.25, 0.3) is 0 Å². The van der Waals surface area contributed by atoms with Crippen molar-refractivity contribution in [1.82, 2.24) is 0 Å². The first kappa shape index (κ1) is 60.6. The van der Waals surface area contributed by atoms with Gasteiger partial charge in [-0.25, -0.2) is 0 Å². The van der Waals surface area contributed by atoms with E-state index in [-0.39, 0.29) is 31.1 Å². The Morgan fingerprint density at radius 3 is 0.905 bits per heavy atom. The van der Waals surface area contributed by atoms with Crippen molar-refractivity contribution < 1.29 is 28.6 Å². The molecule has 0 aromatic heterocycles. The average molecular weight is 885 g/mol. The van der Waals surface area contributed by atoms with E-state index in [9.17, 15) is 14.4 Å². The van der Waals surface area contributed by atoms with Crippen molar-refractivity contribution in [2.45, 2.75) is 297 Å². The summed E-state index contributed by atoms with van der Waals surface area (Å²) in [6.07, 6.45) is 61.4. The predicted octanol–water partition coefficient (Wildman–Crippen LogP) is 18.1. The number of carbonyl (C=O) groups is 3. The Labute approximate surface area is 391 Å². The Morgan fingerprint density at radius 2 is 0.571 bits per heavy atom. The number of rotatable bonds is 50. The topological polar surface area (TPSA) is 78.9 Å². The number of hydrogen-bond donors (Lipinski definition) is 0. The van der Waals surface area contributed by atoms with Crippen LogP contribution < -0.4 is 0 Å². The summed E-state index contributed by atoms with van der Waals surface area (Å²) in [4.78, 5) is 37.9. The van der Waals surface area contributed by atoms with E-state index in [0.29, 0.717) is 19.3 Å². The summed E-state index contributed by atoms with van der Waals surface area (Å²) in [6.45, 7) is 6.61. The number of unbranched alkanes of at least 4 members (excludes halogenated alkanes) is 33. The van der Waals surface area contributed by atoms with Crippen LogP contribution in [0.15, 0.2) is 36.5 Å². The third kappa shape index (κ3) is 50.5. The number of esters is 3. The van der Waals surface area contributed by atoms with Gasteiger partial charge in [-0.1, -0.05) is 231 Å². The SMILES string of the molecule is CCCCCC/C=C\CCCCCCCC(=O)OC(COC(=O)CCCCCCCCCCC)COC(=O)CCCCCCCCCCCCC/C=C\C/C=C\CCCCCCC. The van der Waals surface area contributed by atoms with E-state index in [1.165, 1.54) is 180 Å². The Morgan fingerprint density at radius 1 is 0.317 bits per heavy atom. The lowest BCUT2D eigenvalue weighted by Crippen LogP contribution is -2.30. The van der Waals surface area contributed by atoms with E-state index in [2.05, 4.69) is 57.2 Å².